The molecule has 16 heavy (non-hydrogen) atoms. The summed E-state index contributed by atoms with van der Waals surface area (Å²) in [5.74, 6) is -1.34. The highest BCUT2D eigenvalue weighted by atomic mass is 16.4. The number of urea groups is 2. The molecule has 0 heterocycles. The first-order valence-electron chi connectivity index (χ1n) is 4.44. The molecular weight excluding hydrogens is 216 g/mol. The summed E-state index contributed by atoms with van der Waals surface area (Å²) in [6.45, 7) is 0. The molecule has 0 aliphatic heterocycles. The van der Waals surface area contributed by atoms with E-state index >= 15 is 0 Å². The minimum atomic E-state index is -1.45. The van der Waals surface area contributed by atoms with Crippen molar-refractivity contribution in [3.8, 4) is 0 Å². The number of carboxylic acids is 1. The van der Waals surface area contributed by atoms with Crippen LogP contribution < -0.4 is 10.6 Å². The quantitative estimate of drug-likeness (QED) is 0.540. The van der Waals surface area contributed by atoms with Gasteiger partial charge in [-0.3, -0.25) is 0 Å². The Balaban J connectivity index is 4.46. The summed E-state index contributed by atoms with van der Waals surface area (Å²) < 4.78 is 0. The number of carbonyl (C=O) groups excluding carboxylic acids is 2. The van der Waals surface area contributed by atoms with Crippen LogP contribution in [0.1, 0.15) is 0 Å². The number of nitrogens with one attached hydrogen (secondary N) is 2. The summed E-state index contributed by atoms with van der Waals surface area (Å²) in [5, 5.41) is 13.0. The lowest BCUT2D eigenvalue weighted by atomic mass is 10.5. The first-order chi connectivity index (χ1) is 7.25. The van der Waals surface area contributed by atoms with Crippen molar-refractivity contribution in [2.75, 3.05) is 28.2 Å². The fourth-order valence-electron chi connectivity index (χ4n) is 0.665. The standard InChI is InChI=1S/C8H16N4O4/c1-11(2)7(15)9-5(6(13)14)10-8(16)12(3)4/h5H,1-4H3,(H,9,15)(H,10,16)(H,13,14). The Labute approximate surface area is 93.2 Å². The largest absolute Gasteiger partial charge is 0.478 e. The third kappa shape index (κ3) is 4.49. The van der Waals surface area contributed by atoms with E-state index in [1.165, 1.54) is 28.2 Å². The second-order valence-electron chi connectivity index (χ2n) is 3.46. The minimum Gasteiger partial charge on any atom is -0.478 e. The number of rotatable bonds is 3. The van der Waals surface area contributed by atoms with Gasteiger partial charge in [-0.25, -0.2) is 14.4 Å². The predicted molar refractivity (Wildman–Crippen MR) is 55.9 cm³/mol. The fourth-order valence-corrected chi connectivity index (χ4v) is 0.665. The zero-order valence-electron chi connectivity index (χ0n) is 9.64. The Morgan fingerprint density at radius 3 is 1.44 bits per heavy atom. The van der Waals surface area contributed by atoms with E-state index in [2.05, 4.69) is 10.6 Å². The van der Waals surface area contributed by atoms with Gasteiger partial charge in [-0.1, -0.05) is 0 Å². The summed E-state index contributed by atoms with van der Waals surface area (Å²) >= 11 is 0. The lowest BCUT2D eigenvalue weighted by Gasteiger charge is -2.21. The summed E-state index contributed by atoms with van der Waals surface area (Å²) in [4.78, 5) is 35.5. The van der Waals surface area contributed by atoms with Crippen LogP contribution in [0.2, 0.25) is 0 Å². The zero-order valence-corrected chi connectivity index (χ0v) is 9.64. The highest BCUT2D eigenvalue weighted by Crippen LogP contribution is 1.86. The number of carboxylic acid groups (broad SMARTS) is 1. The monoisotopic (exact) mass is 232 g/mol. The Hall–Kier alpha value is -1.99. The number of amides is 4. The maximum absolute atomic E-state index is 11.2. The molecule has 0 rings (SSSR count). The number of hydrogen-bond acceptors (Lipinski definition) is 3. The average Bonchev–Trinajstić information content (AvgIpc) is 2.15. The fraction of sp³-hybridized carbons (Fsp3) is 0.625. The Morgan fingerprint density at radius 1 is 0.938 bits per heavy atom. The SMILES string of the molecule is CN(C)C(=O)NC(NC(=O)N(C)C)C(=O)O. The van der Waals surface area contributed by atoms with Crippen molar-refractivity contribution in [3.05, 3.63) is 0 Å². The molecule has 0 aromatic carbocycles. The maximum Gasteiger partial charge on any atom is 0.347 e. The molecule has 3 N–H and O–H groups in total. The molecule has 92 valence electrons. The number of hydrogen-bond donors (Lipinski definition) is 3. The normalized spacial score (nSPS) is 9.56. The molecule has 0 aliphatic carbocycles. The Morgan fingerprint density at radius 2 is 1.25 bits per heavy atom. The van der Waals surface area contributed by atoms with Crippen LogP contribution in [0.4, 0.5) is 9.59 Å². The molecule has 0 aromatic rings. The van der Waals surface area contributed by atoms with Gasteiger partial charge < -0.3 is 25.5 Å². The van der Waals surface area contributed by atoms with Crippen LogP contribution >= 0.6 is 0 Å². The molecule has 0 fully saturated rings. The van der Waals surface area contributed by atoms with Gasteiger partial charge in [0.25, 0.3) is 0 Å². The topological polar surface area (TPSA) is 102 Å². The van der Waals surface area contributed by atoms with Gasteiger partial charge in [-0.15, -0.1) is 0 Å². The molecule has 0 saturated heterocycles. The molecule has 0 bridgehead atoms. The van der Waals surface area contributed by atoms with E-state index in [0.29, 0.717) is 0 Å². The minimum absolute atomic E-state index is 0.605. The van der Waals surface area contributed by atoms with Gasteiger partial charge in [0, 0.05) is 28.2 Å². The van der Waals surface area contributed by atoms with Gasteiger partial charge in [-0.2, -0.15) is 0 Å². The molecule has 0 aromatic heterocycles. The zero-order chi connectivity index (χ0) is 12.9. The van der Waals surface area contributed by atoms with Crippen molar-refractivity contribution in [1.29, 1.82) is 0 Å². The van der Waals surface area contributed by atoms with E-state index in [1.807, 2.05) is 0 Å². The summed E-state index contributed by atoms with van der Waals surface area (Å²) in [5.41, 5.74) is 0. The second-order valence-corrected chi connectivity index (χ2v) is 3.46. The molecular formula is C8H16N4O4. The van der Waals surface area contributed by atoms with Crippen molar-refractivity contribution >= 4 is 18.0 Å². The van der Waals surface area contributed by atoms with Crippen molar-refractivity contribution in [1.82, 2.24) is 20.4 Å². The van der Waals surface area contributed by atoms with Crippen LogP contribution in [-0.2, 0) is 4.79 Å². The lowest BCUT2D eigenvalue weighted by molar-refractivity contribution is -0.139. The predicted octanol–water partition coefficient (Wildman–Crippen LogP) is -1.06. The van der Waals surface area contributed by atoms with Gasteiger partial charge >= 0.3 is 18.0 Å². The van der Waals surface area contributed by atoms with Crippen LogP contribution in [0.25, 0.3) is 0 Å². The van der Waals surface area contributed by atoms with Gasteiger partial charge in [-0.05, 0) is 0 Å². The molecule has 0 unspecified atom stereocenters. The summed E-state index contributed by atoms with van der Waals surface area (Å²) in [6, 6.07) is -1.21. The first kappa shape index (κ1) is 14.0. The van der Waals surface area contributed by atoms with Gasteiger partial charge in [0.15, 0.2) is 0 Å². The van der Waals surface area contributed by atoms with Crippen LogP contribution in [0.15, 0.2) is 0 Å². The smallest absolute Gasteiger partial charge is 0.347 e. The summed E-state index contributed by atoms with van der Waals surface area (Å²) in [6.07, 6.45) is -1.45. The van der Waals surface area contributed by atoms with Gasteiger partial charge in [0.2, 0.25) is 6.17 Å². The number of carbonyl (C=O) groups is 3. The van der Waals surface area contributed by atoms with E-state index in [-0.39, 0.29) is 0 Å². The second kappa shape index (κ2) is 5.79. The van der Waals surface area contributed by atoms with E-state index in [4.69, 9.17) is 5.11 Å². The highest BCUT2D eigenvalue weighted by Gasteiger charge is 2.23. The summed E-state index contributed by atoms with van der Waals surface area (Å²) in [7, 11) is 5.84. The number of aliphatic carboxylic acids is 1. The van der Waals surface area contributed by atoms with E-state index in [0.717, 1.165) is 9.80 Å². The molecule has 0 spiro atoms. The van der Waals surface area contributed by atoms with Gasteiger partial charge in [0.1, 0.15) is 0 Å². The third-order valence-corrected chi connectivity index (χ3v) is 1.59. The molecule has 0 radical (unpaired) electrons. The van der Waals surface area contributed by atoms with E-state index in [9.17, 15) is 14.4 Å². The van der Waals surface area contributed by atoms with Crippen molar-refractivity contribution < 1.29 is 19.5 Å². The molecule has 0 atom stereocenters. The van der Waals surface area contributed by atoms with Crippen molar-refractivity contribution in [2.24, 2.45) is 0 Å². The van der Waals surface area contributed by atoms with E-state index in [1.54, 1.807) is 0 Å². The Kier molecular flexibility index (Phi) is 5.07. The van der Waals surface area contributed by atoms with Crippen LogP contribution in [0.5, 0.6) is 0 Å². The van der Waals surface area contributed by atoms with Crippen LogP contribution in [0, 0.1) is 0 Å². The van der Waals surface area contributed by atoms with Crippen LogP contribution in [0.3, 0.4) is 0 Å². The molecule has 8 nitrogen and oxygen atoms in total. The molecule has 0 aliphatic rings. The highest BCUT2D eigenvalue weighted by molar-refractivity contribution is 5.86. The van der Waals surface area contributed by atoms with Crippen molar-refractivity contribution in [3.63, 3.8) is 0 Å². The first-order valence-corrected chi connectivity index (χ1v) is 4.44. The third-order valence-electron chi connectivity index (χ3n) is 1.59. The lowest BCUT2D eigenvalue weighted by Crippen LogP contribution is -2.56. The molecule has 0 saturated carbocycles. The average molecular weight is 232 g/mol. The van der Waals surface area contributed by atoms with Crippen LogP contribution in [-0.4, -0.2) is 67.3 Å². The molecule has 8 heteroatoms. The van der Waals surface area contributed by atoms with Crippen molar-refractivity contribution in [2.45, 2.75) is 6.17 Å². The number of nitrogens with zero attached hydrogens (tertiary/aromatic N) is 2. The Bertz CT molecular complexity index is 268. The molecule has 4 amide bonds. The van der Waals surface area contributed by atoms with E-state index < -0.39 is 24.2 Å². The maximum atomic E-state index is 11.2. The van der Waals surface area contributed by atoms with Gasteiger partial charge in [0.05, 0.1) is 0 Å².